The molecule has 1 unspecified atom stereocenters. The molecule has 8 heteroatoms. The summed E-state index contributed by atoms with van der Waals surface area (Å²) in [5.74, 6) is 0.646. The number of nitrogens with one attached hydrogen (secondary N) is 1. The third-order valence-corrected chi connectivity index (χ3v) is 4.48. The van der Waals surface area contributed by atoms with Crippen molar-refractivity contribution in [2.75, 3.05) is 20.3 Å². The second-order valence-corrected chi connectivity index (χ2v) is 6.39. The molecule has 3 rings (SSSR count). The molecule has 1 N–H and O–H groups in total. The highest BCUT2D eigenvalue weighted by Gasteiger charge is 2.19. The van der Waals surface area contributed by atoms with Crippen molar-refractivity contribution in [3.63, 3.8) is 0 Å². The van der Waals surface area contributed by atoms with Crippen LogP contribution in [0.5, 0.6) is 11.5 Å². The lowest BCUT2D eigenvalue weighted by molar-refractivity contribution is -0.385. The van der Waals surface area contributed by atoms with E-state index in [0.717, 1.165) is 25.0 Å². The summed E-state index contributed by atoms with van der Waals surface area (Å²) in [6, 6.07) is 11.2. The lowest BCUT2D eigenvalue weighted by Gasteiger charge is -2.15. The lowest BCUT2D eigenvalue weighted by Crippen LogP contribution is -2.23. The summed E-state index contributed by atoms with van der Waals surface area (Å²) in [6.45, 7) is 1.43. The van der Waals surface area contributed by atoms with Crippen LogP contribution in [0.25, 0.3) is 0 Å². The van der Waals surface area contributed by atoms with Crippen LogP contribution in [0.2, 0.25) is 0 Å². The van der Waals surface area contributed by atoms with Gasteiger partial charge in [-0.3, -0.25) is 14.9 Å². The molecule has 0 aromatic heterocycles. The van der Waals surface area contributed by atoms with Crippen LogP contribution in [0, 0.1) is 10.1 Å². The van der Waals surface area contributed by atoms with Gasteiger partial charge in [0.25, 0.3) is 11.6 Å². The highest BCUT2D eigenvalue weighted by atomic mass is 16.6. The average molecular weight is 386 g/mol. The molecule has 1 amide bonds. The molecule has 0 bridgehead atoms. The van der Waals surface area contributed by atoms with E-state index in [9.17, 15) is 14.9 Å². The summed E-state index contributed by atoms with van der Waals surface area (Å²) in [6.07, 6.45) is 2.13. The third kappa shape index (κ3) is 4.77. The number of carbonyl (C=O) groups excluding carboxylic acids is 1. The molecule has 2 aromatic rings. The Labute approximate surface area is 162 Å². The van der Waals surface area contributed by atoms with Crippen LogP contribution >= 0.6 is 0 Å². The Morgan fingerprint density at radius 1 is 1.29 bits per heavy atom. The van der Waals surface area contributed by atoms with Gasteiger partial charge in [0.15, 0.2) is 11.5 Å². The molecule has 28 heavy (non-hydrogen) atoms. The maximum Gasteiger partial charge on any atom is 0.282 e. The molecule has 1 fully saturated rings. The van der Waals surface area contributed by atoms with E-state index >= 15 is 0 Å². The molecule has 1 saturated heterocycles. The molecule has 8 nitrogen and oxygen atoms in total. The number of hydrogen-bond donors (Lipinski definition) is 1. The first-order valence-corrected chi connectivity index (χ1v) is 9.01. The van der Waals surface area contributed by atoms with E-state index in [1.54, 1.807) is 25.3 Å². The van der Waals surface area contributed by atoms with Crippen LogP contribution in [-0.2, 0) is 11.3 Å². The smallest absolute Gasteiger partial charge is 0.282 e. The summed E-state index contributed by atoms with van der Waals surface area (Å²) in [5.41, 5.74) is 0.583. The number of hydrogen-bond acceptors (Lipinski definition) is 6. The van der Waals surface area contributed by atoms with Crippen molar-refractivity contribution in [2.24, 2.45) is 0 Å². The van der Waals surface area contributed by atoms with Gasteiger partial charge in [0.2, 0.25) is 0 Å². The minimum atomic E-state index is -0.571. The molecule has 1 aliphatic heterocycles. The van der Waals surface area contributed by atoms with Crippen molar-refractivity contribution in [3.05, 3.63) is 63.7 Å². The number of carbonyl (C=O) groups is 1. The second kappa shape index (κ2) is 9.18. The molecular weight excluding hydrogens is 364 g/mol. The normalized spacial score (nSPS) is 15.8. The van der Waals surface area contributed by atoms with Crippen molar-refractivity contribution in [2.45, 2.75) is 25.5 Å². The van der Waals surface area contributed by atoms with E-state index in [2.05, 4.69) is 5.32 Å². The maximum atomic E-state index is 12.3. The van der Waals surface area contributed by atoms with E-state index in [-0.39, 0.29) is 23.9 Å². The third-order valence-electron chi connectivity index (χ3n) is 4.48. The number of rotatable bonds is 8. The first-order chi connectivity index (χ1) is 13.6. The maximum absolute atomic E-state index is 12.3. The van der Waals surface area contributed by atoms with Crippen LogP contribution in [0.4, 0.5) is 5.69 Å². The van der Waals surface area contributed by atoms with Gasteiger partial charge < -0.3 is 19.5 Å². The zero-order valence-electron chi connectivity index (χ0n) is 15.6. The summed E-state index contributed by atoms with van der Waals surface area (Å²) in [4.78, 5) is 22.8. The molecule has 0 spiro atoms. The Hall–Kier alpha value is -3.13. The predicted octanol–water partition coefficient (Wildman–Crippen LogP) is 3.09. The molecule has 2 aromatic carbocycles. The largest absolute Gasteiger partial charge is 0.493 e. The van der Waals surface area contributed by atoms with Gasteiger partial charge in [-0.2, -0.15) is 0 Å². The monoisotopic (exact) mass is 386 g/mol. The highest BCUT2D eigenvalue weighted by Crippen LogP contribution is 2.29. The fourth-order valence-electron chi connectivity index (χ4n) is 3.00. The van der Waals surface area contributed by atoms with Crippen molar-refractivity contribution < 1.29 is 23.9 Å². The zero-order chi connectivity index (χ0) is 19.9. The standard InChI is InChI=1S/C20H22N2O6/c1-26-19-11-14(8-9-18(19)28-13-15-5-4-10-27-15)12-21-20(23)16-6-2-3-7-17(16)22(24)25/h2-3,6-9,11,15H,4-5,10,12-13H2,1H3,(H,21,23). The van der Waals surface area contributed by atoms with Crippen LogP contribution in [0.3, 0.4) is 0 Å². The van der Waals surface area contributed by atoms with Crippen LogP contribution < -0.4 is 14.8 Å². The average Bonchev–Trinajstić information content (AvgIpc) is 3.24. The van der Waals surface area contributed by atoms with Crippen molar-refractivity contribution in [1.82, 2.24) is 5.32 Å². The van der Waals surface area contributed by atoms with Crippen molar-refractivity contribution in [1.29, 1.82) is 0 Å². The van der Waals surface area contributed by atoms with Crippen LogP contribution in [0.1, 0.15) is 28.8 Å². The van der Waals surface area contributed by atoms with E-state index in [1.807, 2.05) is 6.07 Å². The molecule has 0 aliphatic carbocycles. The SMILES string of the molecule is COc1cc(CNC(=O)c2ccccc2[N+](=O)[O-])ccc1OCC1CCCO1. The van der Waals surface area contributed by atoms with Gasteiger partial charge in [-0.25, -0.2) is 0 Å². The molecule has 1 heterocycles. The molecule has 1 atom stereocenters. The van der Waals surface area contributed by atoms with E-state index in [1.165, 1.54) is 18.2 Å². The number of benzene rings is 2. The van der Waals surface area contributed by atoms with E-state index in [0.29, 0.717) is 18.1 Å². The van der Waals surface area contributed by atoms with Crippen LogP contribution in [-0.4, -0.2) is 37.3 Å². The Balaban J connectivity index is 1.62. The number of nitro groups is 1. The molecular formula is C20H22N2O6. The summed E-state index contributed by atoms with van der Waals surface area (Å²) in [5, 5.41) is 13.8. The molecule has 1 aliphatic rings. The fourth-order valence-corrected chi connectivity index (χ4v) is 3.00. The fraction of sp³-hybridized carbons (Fsp3) is 0.350. The first-order valence-electron chi connectivity index (χ1n) is 9.01. The minimum Gasteiger partial charge on any atom is -0.493 e. The number of nitro benzene ring substituents is 1. The number of amides is 1. The molecule has 0 radical (unpaired) electrons. The Kier molecular flexibility index (Phi) is 6.44. The van der Waals surface area contributed by atoms with Gasteiger partial charge in [-0.1, -0.05) is 18.2 Å². The summed E-state index contributed by atoms with van der Waals surface area (Å²) < 4.78 is 16.7. The Morgan fingerprint density at radius 3 is 2.82 bits per heavy atom. The molecule has 0 saturated carbocycles. The first kappa shape index (κ1) is 19.6. The lowest BCUT2D eigenvalue weighted by atomic mass is 10.1. The predicted molar refractivity (Wildman–Crippen MR) is 102 cm³/mol. The number of ether oxygens (including phenoxy) is 3. The van der Waals surface area contributed by atoms with Gasteiger partial charge >= 0.3 is 0 Å². The minimum absolute atomic E-state index is 0.0241. The second-order valence-electron chi connectivity index (χ2n) is 6.39. The van der Waals surface area contributed by atoms with Gasteiger partial charge in [0, 0.05) is 19.2 Å². The van der Waals surface area contributed by atoms with E-state index in [4.69, 9.17) is 14.2 Å². The number of nitrogens with zero attached hydrogens (tertiary/aromatic N) is 1. The summed E-state index contributed by atoms with van der Waals surface area (Å²) >= 11 is 0. The van der Waals surface area contributed by atoms with Crippen molar-refractivity contribution in [3.8, 4) is 11.5 Å². The van der Waals surface area contributed by atoms with Gasteiger partial charge in [0.1, 0.15) is 12.2 Å². The Bertz CT molecular complexity index is 848. The highest BCUT2D eigenvalue weighted by molar-refractivity contribution is 5.98. The number of methoxy groups -OCH3 is 1. The Morgan fingerprint density at radius 2 is 2.11 bits per heavy atom. The van der Waals surface area contributed by atoms with Gasteiger partial charge in [-0.15, -0.1) is 0 Å². The van der Waals surface area contributed by atoms with E-state index < -0.39 is 10.8 Å². The topological polar surface area (TPSA) is 99.9 Å². The van der Waals surface area contributed by atoms with Crippen LogP contribution in [0.15, 0.2) is 42.5 Å². The quantitative estimate of drug-likeness (QED) is 0.553. The molecule has 148 valence electrons. The zero-order valence-corrected chi connectivity index (χ0v) is 15.6. The summed E-state index contributed by atoms with van der Waals surface area (Å²) in [7, 11) is 1.55. The van der Waals surface area contributed by atoms with Gasteiger partial charge in [-0.05, 0) is 36.6 Å². The van der Waals surface area contributed by atoms with Crippen molar-refractivity contribution >= 4 is 11.6 Å². The van der Waals surface area contributed by atoms with Gasteiger partial charge in [0.05, 0.1) is 18.1 Å². The number of para-hydroxylation sites is 1.